The van der Waals surface area contributed by atoms with E-state index in [1.165, 1.54) is 12.5 Å². The van der Waals surface area contributed by atoms with Gasteiger partial charge in [-0.25, -0.2) is 4.79 Å². The topological polar surface area (TPSA) is 128 Å². The fourth-order valence-electron chi connectivity index (χ4n) is 5.80. The Hall–Kier alpha value is -2.79. The fourth-order valence-corrected chi connectivity index (χ4v) is 5.80. The van der Waals surface area contributed by atoms with Gasteiger partial charge in [-0.15, -0.1) is 0 Å². The van der Waals surface area contributed by atoms with Crippen LogP contribution in [0.25, 0.3) is 0 Å². The lowest BCUT2D eigenvalue weighted by atomic mass is 9.68. The largest absolute Gasteiger partial charge is 0.443 e. The first kappa shape index (κ1) is 30.2. The van der Waals surface area contributed by atoms with E-state index in [-0.39, 0.29) is 54.2 Å². The zero-order valence-corrected chi connectivity index (χ0v) is 24.1. The second-order valence-electron chi connectivity index (χ2n) is 11.4. The number of alkyl carbamates (subject to hydrolysis) is 1. The predicted octanol–water partition coefficient (Wildman–Crippen LogP) is 3.58. The molecule has 1 unspecified atom stereocenters. The number of ketones is 1. The highest BCUT2D eigenvalue weighted by molar-refractivity contribution is 5.91. The summed E-state index contributed by atoms with van der Waals surface area (Å²) in [5.74, 6) is -0.488. The third-order valence-electron chi connectivity index (χ3n) is 7.95. The quantitative estimate of drug-likeness (QED) is 0.278. The number of methoxy groups -OCH3 is 1. The maximum atomic E-state index is 12.7. The van der Waals surface area contributed by atoms with Crippen molar-refractivity contribution in [1.82, 2.24) is 5.32 Å². The third-order valence-corrected chi connectivity index (χ3v) is 7.95. The Morgan fingerprint density at radius 2 is 1.85 bits per heavy atom. The monoisotopic (exact) mass is 558 g/mol. The molecule has 10 heteroatoms. The van der Waals surface area contributed by atoms with Crippen LogP contribution in [0.2, 0.25) is 0 Å². The molecule has 1 aliphatic carbocycles. The van der Waals surface area contributed by atoms with Crippen molar-refractivity contribution in [2.45, 2.75) is 82.9 Å². The van der Waals surface area contributed by atoms with Gasteiger partial charge in [-0.05, 0) is 71.1 Å². The Morgan fingerprint density at radius 1 is 1.12 bits per heavy atom. The molecule has 4 rings (SSSR count). The molecule has 2 heterocycles. The van der Waals surface area contributed by atoms with Gasteiger partial charge in [0.15, 0.2) is 5.78 Å². The minimum absolute atomic E-state index is 0.0215. The maximum absolute atomic E-state index is 12.7. The van der Waals surface area contributed by atoms with Crippen LogP contribution in [0.4, 0.5) is 10.5 Å². The van der Waals surface area contributed by atoms with Gasteiger partial charge in [-0.2, -0.15) is 0 Å². The van der Waals surface area contributed by atoms with Crippen molar-refractivity contribution in [3.63, 3.8) is 0 Å². The molecule has 1 saturated carbocycles. The number of Topliss-reactive ketones (excluding diaryl/α,β-unsaturated/α-hetero) is 1. The second kappa shape index (κ2) is 12.8. The first-order chi connectivity index (χ1) is 19.1. The summed E-state index contributed by atoms with van der Waals surface area (Å²) in [4.78, 5) is 35.5. The summed E-state index contributed by atoms with van der Waals surface area (Å²) >= 11 is 0. The molecule has 1 spiro atoms. The summed E-state index contributed by atoms with van der Waals surface area (Å²) in [7, 11) is 1.66. The minimum atomic E-state index is -0.476. The molecule has 0 aromatic heterocycles. The Morgan fingerprint density at radius 3 is 2.48 bits per heavy atom. The molecule has 3 aliphatic rings. The summed E-state index contributed by atoms with van der Waals surface area (Å²) in [6.07, 6.45) is 4.02. The van der Waals surface area contributed by atoms with Crippen LogP contribution in [0, 0.1) is 5.92 Å². The second-order valence-corrected chi connectivity index (χ2v) is 11.4. The van der Waals surface area contributed by atoms with Crippen molar-refractivity contribution in [3.8, 4) is 0 Å². The molecular formula is C30H42N2O8. The van der Waals surface area contributed by atoms with Crippen LogP contribution < -0.4 is 10.6 Å². The molecule has 10 nitrogen and oxygen atoms in total. The van der Waals surface area contributed by atoms with Crippen molar-refractivity contribution in [1.29, 1.82) is 0 Å². The number of carbonyl (C=O) groups excluding carboxylic acids is 3. The zero-order chi connectivity index (χ0) is 28.9. The van der Waals surface area contributed by atoms with Crippen LogP contribution in [0.5, 0.6) is 0 Å². The highest BCUT2D eigenvalue weighted by Crippen LogP contribution is 2.59. The number of amides is 2. The van der Waals surface area contributed by atoms with Gasteiger partial charge in [0.1, 0.15) is 36.6 Å². The number of ether oxygens (including phenoxy) is 5. The molecule has 2 saturated heterocycles. The summed E-state index contributed by atoms with van der Waals surface area (Å²) in [5.41, 5.74) is 2.23. The maximum Gasteiger partial charge on any atom is 0.407 e. The molecule has 3 fully saturated rings. The van der Waals surface area contributed by atoms with E-state index in [9.17, 15) is 14.4 Å². The summed E-state index contributed by atoms with van der Waals surface area (Å²) in [6, 6.07) is 7.32. The Bertz CT molecular complexity index is 1100. The summed E-state index contributed by atoms with van der Waals surface area (Å²) in [6.45, 7) is 8.50. The molecule has 0 bridgehead atoms. The zero-order valence-electron chi connectivity index (χ0n) is 24.1. The molecule has 1 aromatic carbocycles. The Balaban J connectivity index is 1.24. The van der Waals surface area contributed by atoms with E-state index in [4.69, 9.17) is 23.7 Å². The lowest BCUT2D eigenvalue weighted by Crippen LogP contribution is -2.56. The van der Waals surface area contributed by atoms with Crippen molar-refractivity contribution in [2.75, 3.05) is 38.8 Å². The van der Waals surface area contributed by atoms with E-state index in [2.05, 4.69) is 37.5 Å². The van der Waals surface area contributed by atoms with E-state index in [0.29, 0.717) is 31.7 Å². The van der Waals surface area contributed by atoms with Gasteiger partial charge in [0.2, 0.25) is 5.91 Å². The van der Waals surface area contributed by atoms with Crippen molar-refractivity contribution in [3.05, 3.63) is 41.5 Å². The van der Waals surface area contributed by atoms with Gasteiger partial charge < -0.3 is 34.3 Å². The molecule has 2 aliphatic heterocycles. The number of rotatable bonds is 13. The average molecular weight is 559 g/mol. The number of nitrogens with one attached hydrogen (secondary N) is 2. The van der Waals surface area contributed by atoms with Crippen molar-refractivity contribution >= 4 is 23.5 Å². The van der Waals surface area contributed by atoms with Gasteiger partial charge in [0.25, 0.3) is 0 Å². The van der Waals surface area contributed by atoms with Crippen LogP contribution in [0.3, 0.4) is 0 Å². The van der Waals surface area contributed by atoms with E-state index < -0.39 is 12.2 Å². The van der Waals surface area contributed by atoms with E-state index in [1.807, 2.05) is 12.1 Å². The third kappa shape index (κ3) is 7.48. The Kier molecular flexibility index (Phi) is 9.66. The first-order valence-electron chi connectivity index (χ1n) is 13.9. The minimum Gasteiger partial charge on any atom is -0.443 e. The number of benzene rings is 1. The molecule has 1 aromatic rings. The normalized spacial score (nSPS) is 30.3. The van der Waals surface area contributed by atoms with Crippen molar-refractivity contribution < 1.29 is 38.1 Å². The van der Waals surface area contributed by atoms with Crippen LogP contribution in [-0.2, 0) is 39.7 Å². The smallest absolute Gasteiger partial charge is 0.407 e. The SMILES string of the molecule is CO[C@H]1[C@H](C2(C)O[C@@H]2CC=C(C)C)[C@]2(CC[C@H]1OC(=O)NCCc1ccc(NC(=O)COCC(C)=O)cc1)CO2. The molecule has 6 atom stereocenters. The number of allylic oxidation sites excluding steroid dienone is 1. The van der Waals surface area contributed by atoms with Crippen LogP contribution in [0.1, 0.15) is 52.5 Å². The summed E-state index contributed by atoms with van der Waals surface area (Å²) < 4.78 is 29.0. The number of epoxide rings is 2. The average Bonchev–Trinajstić information content (AvgIpc) is 3.81. The van der Waals surface area contributed by atoms with Gasteiger partial charge >= 0.3 is 6.09 Å². The summed E-state index contributed by atoms with van der Waals surface area (Å²) in [5, 5.41) is 5.57. The number of carbonyl (C=O) groups is 3. The highest BCUT2D eigenvalue weighted by Gasteiger charge is 2.72. The lowest BCUT2D eigenvalue weighted by Gasteiger charge is -2.42. The predicted molar refractivity (Wildman–Crippen MR) is 148 cm³/mol. The molecule has 40 heavy (non-hydrogen) atoms. The lowest BCUT2D eigenvalue weighted by molar-refractivity contribution is -0.125. The van der Waals surface area contributed by atoms with Crippen LogP contribution >= 0.6 is 0 Å². The number of hydrogen-bond donors (Lipinski definition) is 2. The van der Waals surface area contributed by atoms with Gasteiger partial charge in [-0.3, -0.25) is 9.59 Å². The van der Waals surface area contributed by atoms with E-state index in [0.717, 1.165) is 18.4 Å². The molecular weight excluding hydrogens is 516 g/mol. The van der Waals surface area contributed by atoms with Gasteiger partial charge in [0.05, 0.1) is 18.6 Å². The standard InChI is InChI=1S/C30H42N2O8/c1-19(2)6-11-24-29(4,40-24)27-26(36-5)23(12-14-30(27)18-38-30)39-28(35)31-15-13-21-7-9-22(10-8-21)32-25(34)17-37-16-20(3)33/h6-10,23-24,26-27H,11-18H2,1-5H3,(H,31,35)(H,32,34)/t23-,24-,26-,27-,29?,30+/m1/s1. The number of hydrogen-bond acceptors (Lipinski definition) is 8. The highest BCUT2D eigenvalue weighted by atomic mass is 16.6. The van der Waals surface area contributed by atoms with E-state index in [1.54, 1.807) is 19.2 Å². The van der Waals surface area contributed by atoms with Gasteiger partial charge in [-0.1, -0.05) is 23.8 Å². The van der Waals surface area contributed by atoms with Crippen molar-refractivity contribution in [2.24, 2.45) is 5.92 Å². The fraction of sp³-hybridized carbons (Fsp3) is 0.633. The number of anilines is 1. The molecule has 2 N–H and O–H groups in total. The van der Waals surface area contributed by atoms with Crippen LogP contribution in [-0.4, -0.2) is 80.8 Å². The molecule has 0 radical (unpaired) electrons. The van der Waals surface area contributed by atoms with E-state index >= 15 is 0 Å². The Labute approximate surface area is 236 Å². The van der Waals surface area contributed by atoms with Gasteiger partial charge in [0, 0.05) is 19.3 Å². The first-order valence-corrected chi connectivity index (χ1v) is 13.9. The molecule has 220 valence electrons. The molecule has 2 amide bonds. The van der Waals surface area contributed by atoms with Crippen LogP contribution in [0.15, 0.2) is 35.9 Å².